The molecule has 1 heterocycles. The first-order valence-corrected chi connectivity index (χ1v) is 8.02. The van der Waals surface area contributed by atoms with Gasteiger partial charge < -0.3 is 10.1 Å². The van der Waals surface area contributed by atoms with E-state index in [1.807, 2.05) is 0 Å². The summed E-state index contributed by atoms with van der Waals surface area (Å²) in [5, 5.41) is 3.03. The number of nitrogens with zero attached hydrogens (tertiary/aromatic N) is 1. The van der Waals surface area contributed by atoms with Crippen LogP contribution in [0.5, 0.6) is 5.88 Å². The van der Waals surface area contributed by atoms with Crippen molar-refractivity contribution in [1.29, 1.82) is 0 Å². The van der Waals surface area contributed by atoms with E-state index in [0.717, 1.165) is 17.3 Å². The van der Waals surface area contributed by atoms with Gasteiger partial charge in [0, 0.05) is 16.6 Å². The van der Waals surface area contributed by atoms with Crippen molar-refractivity contribution >= 4 is 21.8 Å². The van der Waals surface area contributed by atoms with Crippen molar-refractivity contribution < 1.29 is 9.53 Å². The maximum absolute atomic E-state index is 12.2. The molecule has 1 amide bonds. The van der Waals surface area contributed by atoms with Gasteiger partial charge in [-0.3, -0.25) is 4.79 Å². The van der Waals surface area contributed by atoms with Crippen LogP contribution in [0.1, 0.15) is 34.8 Å². The summed E-state index contributed by atoms with van der Waals surface area (Å²) in [4.78, 5) is 16.3. The number of pyridine rings is 1. The molecule has 0 atom stereocenters. The van der Waals surface area contributed by atoms with Gasteiger partial charge in [0.05, 0.1) is 7.11 Å². The van der Waals surface area contributed by atoms with E-state index in [0.29, 0.717) is 17.5 Å². The first kappa shape index (κ1) is 15.0. The van der Waals surface area contributed by atoms with Crippen molar-refractivity contribution in [1.82, 2.24) is 10.3 Å². The molecule has 1 aliphatic carbocycles. The minimum atomic E-state index is -0.141. The van der Waals surface area contributed by atoms with Gasteiger partial charge in [-0.1, -0.05) is 34.1 Å². The van der Waals surface area contributed by atoms with Gasteiger partial charge in [0.15, 0.2) is 0 Å². The number of amides is 1. The van der Waals surface area contributed by atoms with Crippen LogP contribution in [0.15, 0.2) is 46.9 Å². The fourth-order valence-corrected chi connectivity index (χ4v) is 2.92. The lowest BCUT2D eigenvalue weighted by Crippen LogP contribution is -2.43. The van der Waals surface area contributed by atoms with E-state index in [-0.39, 0.29) is 11.9 Å². The van der Waals surface area contributed by atoms with E-state index in [1.54, 1.807) is 25.3 Å². The summed E-state index contributed by atoms with van der Waals surface area (Å²) in [6, 6.07) is 13.8. The predicted octanol–water partition coefficient (Wildman–Crippen LogP) is 3.53. The van der Waals surface area contributed by atoms with Crippen LogP contribution in [0.3, 0.4) is 0 Å². The van der Waals surface area contributed by atoms with E-state index < -0.39 is 0 Å². The van der Waals surface area contributed by atoms with Gasteiger partial charge in [0.1, 0.15) is 5.69 Å². The molecule has 1 N–H and O–H groups in total. The molecule has 0 spiro atoms. The summed E-state index contributed by atoms with van der Waals surface area (Å²) < 4.78 is 6.13. The molecule has 5 heteroatoms. The van der Waals surface area contributed by atoms with E-state index in [1.165, 1.54) is 5.56 Å². The van der Waals surface area contributed by atoms with Crippen LogP contribution in [-0.2, 0) is 0 Å². The Hall–Kier alpha value is -1.88. The van der Waals surface area contributed by atoms with Crippen LogP contribution in [-0.4, -0.2) is 24.0 Å². The Kier molecular flexibility index (Phi) is 4.43. The summed E-state index contributed by atoms with van der Waals surface area (Å²) in [7, 11) is 1.54. The number of rotatable bonds is 4. The van der Waals surface area contributed by atoms with Crippen molar-refractivity contribution in [3.8, 4) is 5.88 Å². The zero-order valence-corrected chi connectivity index (χ0v) is 13.8. The standard InChI is InChI=1S/C17H17BrN2O2/c1-22-16-4-2-3-15(20-16)17(21)19-14-9-12(10-14)11-5-7-13(18)8-6-11/h2-8,12,14H,9-10H2,1H3,(H,19,21). The lowest BCUT2D eigenvalue weighted by Gasteiger charge is -2.36. The predicted molar refractivity (Wildman–Crippen MR) is 88.2 cm³/mol. The number of aromatic nitrogens is 1. The van der Waals surface area contributed by atoms with Crippen molar-refractivity contribution in [3.63, 3.8) is 0 Å². The van der Waals surface area contributed by atoms with Crippen LogP contribution < -0.4 is 10.1 Å². The molecule has 1 saturated carbocycles. The van der Waals surface area contributed by atoms with Gasteiger partial charge in [0.25, 0.3) is 5.91 Å². The Morgan fingerprint density at radius 3 is 2.64 bits per heavy atom. The third-order valence-corrected chi connectivity index (χ3v) is 4.51. The van der Waals surface area contributed by atoms with Crippen LogP contribution in [0.4, 0.5) is 0 Å². The molecule has 3 rings (SSSR count). The Morgan fingerprint density at radius 1 is 1.23 bits per heavy atom. The fraction of sp³-hybridized carbons (Fsp3) is 0.294. The fourth-order valence-electron chi connectivity index (χ4n) is 2.66. The van der Waals surface area contributed by atoms with E-state index in [2.05, 4.69) is 50.5 Å². The zero-order chi connectivity index (χ0) is 15.5. The van der Waals surface area contributed by atoms with E-state index >= 15 is 0 Å². The minimum Gasteiger partial charge on any atom is -0.481 e. The Balaban J connectivity index is 1.55. The number of ether oxygens (including phenoxy) is 1. The maximum atomic E-state index is 12.2. The van der Waals surface area contributed by atoms with Crippen LogP contribution in [0.25, 0.3) is 0 Å². The van der Waals surface area contributed by atoms with E-state index in [4.69, 9.17) is 4.74 Å². The number of methoxy groups -OCH3 is 1. The summed E-state index contributed by atoms with van der Waals surface area (Å²) in [5.74, 6) is 0.837. The lowest BCUT2D eigenvalue weighted by atomic mass is 9.76. The summed E-state index contributed by atoms with van der Waals surface area (Å²) >= 11 is 3.44. The topological polar surface area (TPSA) is 51.2 Å². The smallest absolute Gasteiger partial charge is 0.270 e. The van der Waals surface area contributed by atoms with Gasteiger partial charge in [-0.25, -0.2) is 4.98 Å². The third kappa shape index (κ3) is 3.30. The Morgan fingerprint density at radius 2 is 1.95 bits per heavy atom. The third-order valence-electron chi connectivity index (χ3n) is 3.98. The summed E-state index contributed by atoms with van der Waals surface area (Å²) in [5.41, 5.74) is 1.72. The Labute approximate surface area is 138 Å². The summed E-state index contributed by atoms with van der Waals surface area (Å²) in [6.07, 6.45) is 1.94. The van der Waals surface area contributed by atoms with Gasteiger partial charge in [-0.15, -0.1) is 0 Å². The number of benzene rings is 1. The van der Waals surface area contributed by atoms with Gasteiger partial charge in [-0.2, -0.15) is 0 Å². The zero-order valence-electron chi connectivity index (χ0n) is 12.3. The highest BCUT2D eigenvalue weighted by Crippen LogP contribution is 2.37. The SMILES string of the molecule is COc1cccc(C(=O)NC2CC(c3ccc(Br)cc3)C2)n1. The molecule has 0 bridgehead atoms. The molecule has 4 nitrogen and oxygen atoms in total. The van der Waals surface area contributed by atoms with Gasteiger partial charge in [-0.05, 0) is 42.5 Å². The van der Waals surface area contributed by atoms with Crippen LogP contribution in [0, 0.1) is 0 Å². The number of halogens is 1. The second-order valence-corrected chi connectivity index (χ2v) is 6.37. The van der Waals surface area contributed by atoms with Crippen LogP contribution >= 0.6 is 15.9 Å². The summed E-state index contributed by atoms with van der Waals surface area (Å²) in [6.45, 7) is 0. The molecule has 1 aromatic heterocycles. The van der Waals surface area contributed by atoms with Crippen molar-refractivity contribution in [2.75, 3.05) is 7.11 Å². The molecular formula is C17H17BrN2O2. The number of hydrogen-bond acceptors (Lipinski definition) is 3. The highest BCUT2D eigenvalue weighted by Gasteiger charge is 2.31. The number of nitrogens with one attached hydrogen (secondary N) is 1. The second-order valence-electron chi connectivity index (χ2n) is 5.46. The number of carbonyl (C=O) groups is 1. The average Bonchev–Trinajstić information content (AvgIpc) is 2.51. The molecule has 1 fully saturated rings. The largest absolute Gasteiger partial charge is 0.481 e. The minimum absolute atomic E-state index is 0.141. The van der Waals surface area contributed by atoms with Crippen molar-refractivity contribution in [2.24, 2.45) is 0 Å². The molecule has 0 aliphatic heterocycles. The molecule has 0 saturated heterocycles. The molecule has 114 valence electrons. The van der Waals surface area contributed by atoms with Gasteiger partial charge >= 0.3 is 0 Å². The number of carbonyl (C=O) groups excluding carboxylic acids is 1. The highest BCUT2D eigenvalue weighted by atomic mass is 79.9. The molecular weight excluding hydrogens is 344 g/mol. The quantitative estimate of drug-likeness (QED) is 0.907. The lowest BCUT2D eigenvalue weighted by molar-refractivity contribution is 0.0903. The molecule has 0 radical (unpaired) electrons. The van der Waals surface area contributed by atoms with Crippen molar-refractivity contribution in [3.05, 3.63) is 58.2 Å². The molecule has 2 aromatic rings. The monoisotopic (exact) mass is 360 g/mol. The molecule has 1 aromatic carbocycles. The molecule has 0 unspecified atom stereocenters. The molecule has 1 aliphatic rings. The average molecular weight is 361 g/mol. The highest BCUT2D eigenvalue weighted by molar-refractivity contribution is 9.10. The van der Waals surface area contributed by atoms with Gasteiger partial charge in [0.2, 0.25) is 5.88 Å². The van der Waals surface area contributed by atoms with Crippen LogP contribution in [0.2, 0.25) is 0 Å². The normalized spacial score (nSPS) is 20.1. The maximum Gasteiger partial charge on any atom is 0.270 e. The van der Waals surface area contributed by atoms with Crippen molar-refractivity contribution in [2.45, 2.75) is 24.8 Å². The first-order chi connectivity index (χ1) is 10.7. The Bertz CT molecular complexity index is 667. The molecule has 22 heavy (non-hydrogen) atoms. The second kappa shape index (κ2) is 6.48. The first-order valence-electron chi connectivity index (χ1n) is 7.23. The van der Waals surface area contributed by atoms with E-state index in [9.17, 15) is 4.79 Å². The number of hydrogen-bond donors (Lipinski definition) is 1.